The van der Waals surface area contributed by atoms with Gasteiger partial charge >= 0.3 is 5.97 Å². The Bertz CT molecular complexity index is 908. The van der Waals surface area contributed by atoms with E-state index in [1.54, 1.807) is 21.0 Å². The molecule has 7 heteroatoms. The van der Waals surface area contributed by atoms with Gasteiger partial charge in [-0.25, -0.2) is 4.79 Å². The van der Waals surface area contributed by atoms with Gasteiger partial charge in [-0.05, 0) is 57.5 Å². The summed E-state index contributed by atoms with van der Waals surface area (Å²) in [7, 11) is 1.65. The molecule has 1 saturated heterocycles. The lowest BCUT2D eigenvalue weighted by Crippen LogP contribution is -2.29. The van der Waals surface area contributed by atoms with E-state index in [0.29, 0.717) is 11.3 Å². The summed E-state index contributed by atoms with van der Waals surface area (Å²) in [6, 6.07) is 7.87. The van der Waals surface area contributed by atoms with Crippen LogP contribution >= 0.6 is 0 Å². The summed E-state index contributed by atoms with van der Waals surface area (Å²) in [5, 5.41) is 9.76. The number of carbonyl (C=O) groups excluding carboxylic acids is 1. The number of hydrogen-bond acceptors (Lipinski definition) is 7. The number of piperidine rings is 1. The van der Waals surface area contributed by atoms with E-state index < -0.39 is 11.9 Å². The first kappa shape index (κ1) is 21.7. The number of rotatable bonds is 6. The molecule has 2 aliphatic heterocycles. The number of carbonyl (C=O) groups is 1. The highest BCUT2D eigenvalue weighted by atomic mass is 16.5. The normalized spacial score (nSPS) is 19.9. The highest BCUT2D eigenvalue weighted by Crippen LogP contribution is 2.41. The van der Waals surface area contributed by atoms with E-state index in [2.05, 4.69) is 11.0 Å². The predicted molar refractivity (Wildman–Crippen MR) is 112 cm³/mol. The number of nitrogens with zero attached hydrogens (tertiary/aromatic N) is 2. The Kier molecular flexibility index (Phi) is 7.01. The van der Waals surface area contributed by atoms with Gasteiger partial charge < -0.3 is 19.9 Å². The van der Waals surface area contributed by atoms with Crippen molar-refractivity contribution in [3.05, 3.63) is 52.1 Å². The number of allylic oxidation sites excluding steroid dienone is 2. The molecule has 160 valence electrons. The smallest absolute Gasteiger partial charge is 0.338 e. The van der Waals surface area contributed by atoms with Gasteiger partial charge in [0.2, 0.25) is 5.88 Å². The number of nitrogens with two attached hydrogens (primary N) is 1. The van der Waals surface area contributed by atoms with Gasteiger partial charge in [0.25, 0.3) is 0 Å². The van der Waals surface area contributed by atoms with Crippen molar-refractivity contribution in [1.29, 1.82) is 5.26 Å². The van der Waals surface area contributed by atoms with E-state index in [4.69, 9.17) is 19.9 Å². The van der Waals surface area contributed by atoms with Gasteiger partial charge in [0.1, 0.15) is 23.2 Å². The Labute approximate surface area is 177 Å². The monoisotopic (exact) mass is 411 g/mol. The molecule has 0 aromatic heterocycles. The van der Waals surface area contributed by atoms with Crippen molar-refractivity contribution in [2.24, 2.45) is 5.73 Å². The quantitative estimate of drug-likeness (QED) is 0.717. The lowest BCUT2D eigenvalue weighted by Gasteiger charge is -2.29. The van der Waals surface area contributed by atoms with Crippen LogP contribution in [0.25, 0.3) is 0 Å². The first-order valence-corrected chi connectivity index (χ1v) is 10.3. The van der Waals surface area contributed by atoms with Crippen molar-refractivity contribution < 1.29 is 19.0 Å². The summed E-state index contributed by atoms with van der Waals surface area (Å²) < 4.78 is 16.3. The van der Waals surface area contributed by atoms with E-state index in [1.807, 2.05) is 18.2 Å². The molecule has 30 heavy (non-hydrogen) atoms. The largest absolute Gasteiger partial charge is 0.496 e. The first-order chi connectivity index (χ1) is 14.5. The second kappa shape index (κ2) is 9.68. The number of esters is 1. The van der Waals surface area contributed by atoms with Gasteiger partial charge in [-0.2, -0.15) is 5.26 Å². The minimum Gasteiger partial charge on any atom is -0.496 e. The number of methoxy groups -OCH3 is 1. The minimum atomic E-state index is -0.645. The zero-order valence-electron chi connectivity index (χ0n) is 17.9. The van der Waals surface area contributed by atoms with Crippen LogP contribution in [0.5, 0.6) is 5.75 Å². The van der Waals surface area contributed by atoms with Crippen LogP contribution in [0.2, 0.25) is 0 Å². The standard InChI is InChI=1S/C23H29N3O4/c1-4-29-23(27)20-15(2)30-22(25)18(13-24)21(20)16-8-9-19(28-3)17(12-16)14-26-10-6-5-7-11-26/h8-9,12,21H,4-7,10-11,14,25H2,1-3H3. The number of likely N-dealkylation sites (tertiary alicyclic amines) is 1. The van der Waals surface area contributed by atoms with Crippen LogP contribution in [0.3, 0.4) is 0 Å². The second-order valence-corrected chi connectivity index (χ2v) is 7.52. The van der Waals surface area contributed by atoms with Crippen molar-refractivity contribution >= 4 is 5.97 Å². The van der Waals surface area contributed by atoms with Crippen LogP contribution in [0, 0.1) is 11.3 Å². The highest BCUT2D eigenvalue weighted by molar-refractivity contribution is 5.92. The fourth-order valence-electron chi connectivity index (χ4n) is 4.15. The molecule has 2 aliphatic rings. The lowest BCUT2D eigenvalue weighted by atomic mass is 9.82. The Balaban J connectivity index is 2.05. The van der Waals surface area contributed by atoms with E-state index in [1.165, 1.54) is 19.3 Å². The zero-order chi connectivity index (χ0) is 21.7. The molecule has 1 atom stereocenters. The van der Waals surface area contributed by atoms with Gasteiger partial charge in [0.15, 0.2) is 0 Å². The van der Waals surface area contributed by atoms with Gasteiger partial charge in [-0.1, -0.05) is 12.5 Å². The molecule has 0 radical (unpaired) electrons. The molecule has 0 amide bonds. The summed E-state index contributed by atoms with van der Waals surface area (Å²) >= 11 is 0. The summed E-state index contributed by atoms with van der Waals surface area (Å²) in [6.45, 7) is 6.48. The molecule has 2 heterocycles. The van der Waals surface area contributed by atoms with Crippen molar-refractivity contribution in [2.75, 3.05) is 26.8 Å². The Morgan fingerprint density at radius 1 is 1.33 bits per heavy atom. The molecule has 1 aromatic rings. The maximum atomic E-state index is 12.7. The maximum Gasteiger partial charge on any atom is 0.338 e. The summed E-state index contributed by atoms with van der Waals surface area (Å²) in [4.78, 5) is 15.1. The molecule has 0 bridgehead atoms. The molecule has 7 nitrogen and oxygen atoms in total. The summed E-state index contributed by atoms with van der Waals surface area (Å²) in [6.07, 6.45) is 3.64. The number of benzene rings is 1. The average molecular weight is 412 g/mol. The molecule has 2 N–H and O–H groups in total. The van der Waals surface area contributed by atoms with Gasteiger partial charge in [0, 0.05) is 12.1 Å². The molecular formula is C23H29N3O4. The van der Waals surface area contributed by atoms with E-state index in [-0.39, 0.29) is 18.1 Å². The van der Waals surface area contributed by atoms with Crippen LogP contribution < -0.4 is 10.5 Å². The lowest BCUT2D eigenvalue weighted by molar-refractivity contribution is -0.139. The van der Waals surface area contributed by atoms with Crippen molar-refractivity contribution in [2.45, 2.75) is 45.6 Å². The third-order valence-corrected chi connectivity index (χ3v) is 5.58. The SMILES string of the molecule is CCOC(=O)C1=C(C)OC(N)=C(C#N)C1c1ccc(OC)c(CN2CCCCC2)c1. The van der Waals surface area contributed by atoms with Crippen molar-refractivity contribution in [3.8, 4) is 11.8 Å². The van der Waals surface area contributed by atoms with Crippen molar-refractivity contribution in [3.63, 3.8) is 0 Å². The summed E-state index contributed by atoms with van der Waals surface area (Å²) in [5.41, 5.74) is 8.31. The molecule has 1 fully saturated rings. The van der Waals surface area contributed by atoms with Crippen LogP contribution in [0.4, 0.5) is 0 Å². The van der Waals surface area contributed by atoms with Crippen LogP contribution in [0.1, 0.15) is 50.2 Å². The average Bonchev–Trinajstić information content (AvgIpc) is 2.74. The number of nitriles is 1. The van der Waals surface area contributed by atoms with Gasteiger partial charge in [-0.15, -0.1) is 0 Å². The molecule has 0 saturated carbocycles. The molecular weight excluding hydrogens is 382 g/mol. The van der Waals surface area contributed by atoms with Gasteiger partial charge in [-0.3, -0.25) is 4.90 Å². The third kappa shape index (κ3) is 4.44. The zero-order valence-corrected chi connectivity index (χ0v) is 17.9. The van der Waals surface area contributed by atoms with E-state index >= 15 is 0 Å². The fraction of sp³-hybridized carbons (Fsp3) is 0.478. The molecule has 1 unspecified atom stereocenters. The Hall–Kier alpha value is -2.98. The molecule has 1 aromatic carbocycles. The van der Waals surface area contributed by atoms with Crippen LogP contribution in [-0.2, 0) is 20.8 Å². The van der Waals surface area contributed by atoms with E-state index in [9.17, 15) is 10.1 Å². The molecule has 0 spiro atoms. The molecule has 3 rings (SSSR count). The van der Waals surface area contributed by atoms with Crippen LogP contribution in [0.15, 0.2) is 41.0 Å². The Morgan fingerprint density at radius 2 is 2.07 bits per heavy atom. The molecule has 0 aliphatic carbocycles. The summed E-state index contributed by atoms with van der Waals surface area (Å²) in [5.74, 6) is -0.00233. The maximum absolute atomic E-state index is 12.7. The predicted octanol–water partition coefficient (Wildman–Crippen LogP) is 3.33. The Morgan fingerprint density at radius 3 is 2.70 bits per heavy atom. The van der Waals surface area contributed by atoms with Crippen LogP contribution in [-0.4, -0.2) is 37.7 Å². The first-order valence-electron chi connectivity index (χ1n) is 10.3. The second-order valence-electron chi connectivity index (χ2n) is 7.52. The fourth-order valence-corrected chi connectivity index (χ4v) is 4.15. The van der Waals surface area contributed by atoms with E-state index in [0.717, 1.165) is 36.5 Å². The third-order valence-electron chi connectivity index (χ3n) is 5.58. The number of hydrogen-bond donors (Lipinski definition) is 1. The van der Waals surface area contributed by atoms with Crippen molar-refractivity contribution in [1.82, 2.24) is 4.90 Å². The topological polar surface area (TPSA) is 97.8 Å². The minimum absolute atomic E-state index is 0.0152. The highest BCUT2D eigenvalue weighted by Gasteiger charge is 2.36. The van der Waals surface area contributed by atoms with Gasteiger partial charge in [0.05, 0.1) is 25.2 Å². The number of ether oxygens (including phenoxy) is 3.